The first kappa shape index (κ1) is 15.8. The Labute approximate surface area is 120 Å². The standard InChI is InChI=1S/C12H15N3OS.CO2/c1-8-13-10(7-17-8)9-5-11(15(4)6-9)12(16)14(2)3;2-1-3/h5-7H,1-4H3;. The summed E-state index contributed by atoms with van der Waals surface area (Å²) in [6.07, 6.45) is 2.19. The minimum Gasteiger partial charge on any atom is -0.346 e. The van der Waals surface area contributed by atoms with Crippen LogP contribution in [0.25, 0.3) is 11.3 Å². The topological polar surface area (TPSA) is 72.3 Å². The van der Waals surface area contributed by atoms with Crippen LogP contribution < -0.4 is 0 Å². The number of rotatable bonds is 2. The van der Waals surface area contributed by atoms with Gasteiger partial charge in [0.1, 0.15) is 5.69 Å². The molecule has 2 heterocycles. The van der Waals surface area contributed by atoms with Crippen LogP contribution in [0.15, 0.2) is 17.6 Å². The van der Waals surface area contributed by atoms with Gasteiger partial charge in [-0.25, -0.2) is 4.98 Å². The van der Waals surface area contributed by atoms with E-state index in [1.165, 1.54) is 0 Å². The van der Waals surface area contributed by atoms with Gasteiger partial charge in [0, 0.05) is 38.3 Å². The van der Waals surface area contributed by atoms with Gasteiger partial charge in [0.05, 0.1) is 10.7 Å². The number of carbonyl (C=O) groups is 1. The Kier molecular flexibility index (Phi) is 5.37. The lowest BCUT2D eigenvalue weighted by Gasteiger charge is -2.09. The highest BCUT2D eigenvalue weighted by Gasteiger charge is 2.15. The fraction of sp³-hybridized carbons (Fsp3) is 0.308. The third kappa shape index (κ3) is 3.63. The summed E-state index contributed by atoms with van der Waals surface area (Å²) in [6.45, 7) is 1.98. The smallest absolute Gasteiger partial charge is 0.346 e. The molecule has 0 spiro atoms. The Bertz CT molecular complexity index is 637. The van der Waals surface area contributed by atoms with E-state index < -0.39 is 0 Å². The fourth-order valence-electron chi connectivity index (χ4n) is 1.64. The first-order valence-corrected chi connectivity index (χ1v) is 6.58. The van der Waals surface area contributed by atoms with Gasteiger partial charge < -0.3 is 9.47 Å². The first-order chi connectivity index (χ1) is 9.40. The van der Waals surface area contributed by atoms with Crippen LogP contribution in [-0.4, -0.2) is 40.6 Å². The van der Waals surface area contributed by atoms with Crippen molar-refractivity contribution in [3.05, 3.63) is 28.3 Å². The van der Waals surface area contributed by atoms with E-state index in [0.29, 0.717) is 5.69 Å². The van der Waals surface area contributed by atoms with Gasteiger partial charge in [0.2, 0.25) is 0 Å². The van der Waals surface area contributed by atoms with Gasteiger partial charge in [-0.1, -0.05) is 0 Å². The molecule has 2 rings (SSSR count). The minimum atomic E-state index is 0.00528. The second kappa shape index (κ2) is 6.79. The summed E-state index contributed by atoms with van der Waals surface area (Å²) < 4.78 is 1.84. The van der Waals surface area contributed by atoms with E-state index in [1.807, 2.05) is 36.2 Å². The fourth-order valence-corrected chi connectivity index (χ4v) is 2.26. The predicted molar refractivity (Wildman–Crippen MR) is 74.3 cm³/mol. The molecular weight excluding hydrogens is 278 g/mol. The van der Waals surface area contributed by atoms with Gasteiger partial charge in [-0.05, 0) is 13.0 Å². The summed E-state index contributed by atoms with van der Waals surface area (Å²) in [7, 11) is 5.38. The molecule has 106 valence electrons. The maximum atomic E-state index is 11.9. The zero-order valence-electron chi connectivity index (χ0n) is 11.7. The van der Waals surface area contributed by atoms with Crippen LogP contribution in [0.1, 0.15) is 15.5 Å². The monoisotopic (exact) mass is 293 g/mol. The second-order valence-corrected chi connectivity index (χ2v) is 5.32. The highest BCUT2D eigenvalue weighted by molar-refractivity contribution is 7.09. The van der Waals surface area contributed by atoms with E-state index in [2.05, 4.69) is 4.98 Å². The normalized spacial score (nSPS) is 9.40. The second-order valence-electron chi connectivity index (χ2n) is 4.26. The van der Waals surface area contributed by atoms with Crippen molar-refractivity contribution in [2.24, 2.45) is 7.05 Å². The molecule has 0 fully saturated rings. The van der Waals surface area contributed by atoms with E-state index in [9.17, 15) is 4.79 Å². The molecule has 0 saturated heterocycles. The number of amides is 1. The molecule has 0 bridgehead atoms. The van der Waals surface area contributed by atoms with Crippen LogP contribution in [0.3, 0.4) is 0 Å². The molecule has 1 amide bonds. The van der Waals surface area contributed by atoms with Gasteiger partial charge in [-0.15, -0.1) is 11.3 Å². The van der Waals surface area contributed by atoms with E-state index in [-0.39, 0.29) is 12.1 Å². The largest absolute Gasteiger partial charge is 0.373 e. The van der Waals surface area contributed by atoms with Crippen LogP contribution in [-0.2, 0) is 16.6 Å². The average Bonchev–Trinajstić information content (AvgIpc) is 2.95. The average molecular weight is 293 g/mol. The molecule has 0 atom stereocenters. The molecule has 0 unspecified atom stereocenters. The number of hydrogen-bond donors (Lipinski definition) is 0. The lowest BCUT2D eigenvalue weighted by atomic mass is 10.2. The molecule has 0 aliphatic rings. The van der Waals surface area contributed by atoms with Gasteiger partial charge in [0.25, 0.3) is 5.91 Å². The van der Waals surface area contributed by atoms with E-state index in [0.717, 1.165) is 16.3 Å². The lowest BCUT2D eigenvalue weighted by Crippen LogP contribution is -2.23. The van der Waals surface area contributed by atoms with Crippen molar-refractivity contribution in [1.82, 2.24) is 14.5 Å². The van der Waals surface area contributed by atoms with Crippen LogP contribution in [0.2, 0.25) is 0 Å². The zero-order chi connectivity index (χ0) is 15.3. The molecule has 6 nitrogen and oxygen atoms in total. The summed E-state index contributed by atoms with van der Waals surface area (Å²) in [5, 5.41) is 3.04. The summed E-state index contributed by atoms with van der Waals surface area (Å²) in [5.74, 6) is 0.00528. The SMILES string of the molecule is Cc1nc(-c2cc(C(=O)N(C)C)n(C)c2)cs1.O=C=O. The summed E-state index contributed by atoms with van der Waals surface area (Å²) in [5.41, 5.74) is 2.60. The molecule has 0 saturated carbocycles. The molecule has 0 radical (unpaired) electrons. The Morgan fingerprint density at radius 2 is 2.00 bits per heavy atom. The third-order valence-electron chi connectivity index (χ3n) is 2.55. The van der Waals surface area contributed by atoms with Crippen molar-refractivity contribution in [2.45, 2.75) is 6.92 Å². The Hall–Kier alpha value is -2.24. The molecule has 0 aromatic carbocycles. The predicted octanol–water partition coefficient (Wildman–Crippen LogP) is 1.58. The molecular formula is C13H15N3O3S. The number of thiazole rings is 1. The Morgan fingerprint density at radius 1 is 1.40 bits per heavy atom. The molecule has 0 N–H and O–H groups in total. The highest BCUT2D eigenvalue weighted by Crippen LogP contribution is 2.23. The van der Waals surface area contributed by atoms with Crippen molar-refractivity contribution in [3.8, 4) is 11.3 Å². The van der Waals surface area contributed by atoms with Crippen LogP contribution in [0, 0.1) is 6.92 Å². The maximum Gasteiger partial charge on any atom is 0.373 e. The molecule has 20 heavy (non-hydrogen) atoms. The quantitative estimate of drug-likeness (QED) is 0.842. The number of aromatic nitrogens is 2. The van der Waals surface area contributed by atoms with Crippen molar-refractivity contribution < 1.29 is 14.4 Å². The first-order valence-electron chi connectivity index (χ1n) is 5.70. The van der Waals surface area contributed by atoms with Gasteiger partial charge in [-0.3, -0.25) is 4.79 Å². The summed E-state index contributed by atoms with van der Waals surface area (Å²) in [4.78, 5) is 34.1. The van der Waals surface area contributed by atoms with Crippen molar-refractivity contribution >= 4 is 23.4 Å². The summed E-state index contributed by atoms with van der Waals surface area (Å²) in [6, 6.07) is 1.89. The number of nitrogens with zero attached hydrogens (tertiary/aromatic N) is 3. The molecule has 7 heteroatoms. The van der Waals surface area contributed by atoms with Crippen LogP contribution in [0.5, 0.6) is 0 Å². The lowest BCUT2D eigenvalue weighted by molar-refractivity contribution is -0.191. The van der Waals surface area contributed by atoms with Gasteiger partial charge in [0.15, 0.2) is 0 Å². The number of aryl methyl sites for hydroxylation is 2. The van der Waals surface area contributed by atoms with Crippen molar-refractivity contribution in [3.63, 3.8) is 0 Å². The van der Waals surface area contributed by atoms with Crippen LogP contribution in [0.4, 0.5) is 0 Å². The van der Waals surface area contributed by atoms with E-state index >= 15 is 0 Å². The summed E-state index contributed by atoms with van der Waals surface area (Å²) >= 11 is 1.61. The molecule has 0 aliphatic carbocycles. The maximum absolute atomic E-state index is 11.9. The van der Waals surface area contributed by atoms with E-state index in [4.69, 9.17) is 9.59 Å². The van der Waals surface area contributed by atoms with Gasteiger partial charge >= 0.3 is 6.15 Å². The molecule has 0 aliphatic heterocycles. The molecule has 2 aromatic heterocycles. The van der Waals surface area contributed by atoms with Gasteiger partial charge in [-0.2, -0.15) is 9.59 Å². The molecule has 2 aromatic rings. The van der Waals surface area contributed by atoms with Crippen molar-refractivity contribution in [1.29, 1.82) is 0 Å². The number of hydrogen-bond acceptors (Lipinski definition) is 5. The minimum absolute atomic E-state index is 0.00528. The van der Waals surface area contributed by atoms with E-state index in [1.54, 1.807) is 30.3 Å². The highest BCUT2D eigenvalue weighted by atomic mass is 32.1. The Morgan fingerprint density at radius 3 is 2.45 bits per heavy atom. The van der Waals surface area contributed by atoms with Crippen molar-refractivity contribution in [2.75, 3.05) is 14.1 Å². The third-order valence-corrected chi connectivity index (χ3v) is 3.32. The number of carbonyl (C=O) groups excluding carboxylic acids is 3. The van der Waals surface area contributed by atoms with Crippen LogP contribution >= 0.6 is 11.3 Å². The Balaban J connectivity index is 0.000000612. The zero-order valence-corrected chi connectivity index (χ0v) is 12.5.